The van der Waals surface area contributed by atoms with Crippen molar-refractivity contribution < 1.29 is 9.53 Å². The number of aromatic nitrogens is 2. The topological polar surface area (TPSA) is 56.1 Å². The number of hydrogen-bond acceptors (Lipinski definition) is 4. The van der Waals surface area contributed by atoms with E-state index in [4.69, 9.17) is 4.74 Å². The summed E-state index contributed by atoms with van der Waals surface area (Å²) < 4.78 is 6.93. The lowest BCUT2D eigenvalue weighted by atomic mass is 10.1. The third-order valence-corrected chi connectivity index (χ3v) is 2.60. The molecular weight excluding hydrogens is 230 g/mol. The Hall–Kier alpha value is -1.36. The Kier molecular flexibility index (Phi) is 5.85. The molecule has 1 unspecified atom stereocenters. The van der Waals surface area contributed by atoms with Gasteiger partial charge in [0.15, 0.2) is 0 Å². The van der Waals surface area contributed by atoms with E-state index < -0.39 is 6.04 Å². The first kappa shape index (κ1) is 14.7. The van der Waals surface area contributed by atoms with Gasteiger partial charge in [0, 0.05) is 17.8 Å². The quantitative estimate of drug-likeness (QED) is 0.756. The molecular formula is C13H23N3O2. The zero-order valence-corrected chi connectivity index (χ0v) is 11.6. The second kappa shape index (κ2) is 7.16. The minimum atomic E-state index is -0.419. The lowest BCUT2D eigenvalue weighted by molar-refractivity contribution is -0.145. The number of carbonyl (C=O) groups is 1. The maximum Gasteiger partial charge on any atom is 0.327 e. The number of rotatable bonds is 7. The molecule has 0 saturated carbocycles. The molecule has 0 saturated heterocycles. The normalized spacial score (nSPS) is 12.7. The average Bonchev–Trinajstić information content (AvgIpc) is 2.79. The van der Waals surface area contributed by atoms with Crippen LogP contribution in [0.1, 0.15) is 51.8 Å². The molecule has 1 aromatic heterocycles. The first-order chi connectivity index (χ1) is 8.60. The molecule has 0 aromatic carbocycles. The Morgan fingerprint density at radius 1 is 1.50 bits per heavy atom. The highest BCUT2D eigenvalue weighted by Crippen LogP contribution is 2.16. The van der Waals surface area contributed by atoms with Gasteiger partial charge in [-0.15, -0.1) is 0 Å². The first-order valence-corrected chi connectivity index (χ1v) is 6.54. The van der Waals surface area contributed by atoms with E-state index in [1.54, 1.807) is 6.20 Å². The van der Waals surface area contributed by atoms with Crippen LogP contribution in [0.5, 0.6) is 0 Å². The second-order valence-corrected chi connectivity index (χ2v) is 4.49. The number of carbonyl (C=O) groups excluding carboxylic acids is 1. The van der Waals surface area contributed by atoms with E-state index in [9.17, 15) is 4.79 Å². The smallest absolute Gasteiger partial charge is 0.327 e. The molecule has 1 aromatic rings. The number of esters is 1. The number of ether oxygens (including phenoxy) is 1. The van der Waals surface area contributed by atoms with Crippen LogP contribution in [0.25, 0.3) is 0 Å². The maximum absolute atomic E-state index is 11.9. The lowest BCUT2D eigenvalue weighted by Crippen LogP contribution is -2.30. The summed E-state index contributed by atoms with van der Waals surface area (Å²) in [5.41, 5.74) is 0.857. The van der Waals surface area contributed by atoms with Gasteiger partial charge in [-0.1, -0.05) is 6.92 Å². The summed E-state index contributed by atoms with van der Waals surface area (Å²) in [5.74, 6) is -0.241. The van der Waals surface area contributed by atoms with Crippen LogP contribution in [0.15, 0.2) is 12.4 Å². The molecule has 5 heteroatoms. The molecule has 5 nitrogen and oxygen atoms in total. The molecule has 1 heterocycles. The van der Waals surface area contributed by atoms with Crippen molar-refractivity contribution in [3.8, 4) is 0 Å². The summed E-state index contributed by atoms with van der Waals surface area (Å²) in [7, 11) is 0. The molecule has 0 spiro atoms. The van der Waals surface area contributed by atoms with E-state index in [0.29, 0.717) is 6.61 Å². The largest absolute Gasteiger partial charge is 0.465 e. The molecule has 0 radical (unpaired) electrons. The van der Waals surface area contributed by atoms with Gasteiger partial charge in [-0.3, -0.25) is 4.68 Å². The van der Waals surface area contributed by atoms with Crippen LogP contribution < -0.4 is 5.32 Å². The molecule has 0 bridgehead atoms. The molecule has 102 valence electrons. The lowest BCUT2D eigenvalue weighted by Gasteiger charge is -2.15. The van der Waals surface area contributed by atoms with Crippen LogP contribution in [-0.4, -0.2) is 28.9 Å². The van der Waals surface area contributed by atoms with Crippen LogP contribution in [0, 0.1) is 0 Å². The fraction of sp³-hybridized carbons (Fsp3) is 0.692. The zero-order chi connectivity index (χ0) is 13.5. The summed E-state index contributed by atoms with van der Waals surface area (Å²) in [5, 5.41) is 7.45. The van der Waals surface area contributed by atoms with Crippen LogP contribution >= 0.6 is 0 Å². The maximum atomic E-state index is 11.9. The van der Waals surface area contributed by atoms with Crippen molar-refractivity contribution >= 4 is 5.97 Å². The van der Waals surface area contributed by atoms with Gasteiger partial charge in [0.1, 0.15) is 6.04 Å². The van der Waals surface area contributed by atoms with E-state index in [-0.39, 0.29) is 12.0 Å². The van der Waals surface area contributed by atoms with Gasteiger partial charge in [0.2, 0.25) is 0 Å². The number of hydrogen-bond donors (Lipinski definition) is 1. The third kappa shape index (κ3) is 3.84. The molecule has 0 aliphatic heterocycles. The van der Waals surface area contributed by atoms with Crippen molar-refractivity contribution in [1.29, 1.82) is 0 Å². The van der Waals surface area contributed by atoms with Crippen molar-refractivity contribution in [3.05, 3.63) is 18.0 Å². The van der Waals surface area contributed by atoms with E-state index in [2.05, 4.69) is 31.2 Å². The molecule has 0 amide bonds. The van der Waals surface area contributed by atoms with Crippen LogP contribution in [0.2, 0.25) is 0 Å². The molecule has 0 aliphatic carbocycles. The highest BCUT2D eigenvalue weighted by atomic mass is 16.5. The first-order valence-electron chi connectivity index (χ1n) is 6.54. The Bertz CT molecular complexity index is 374. The highest BCUT2D eigenvalue weighted by molar-refractivity contribution is 5.77. The number of nitrogens with zero attached hydrogens (tertiary/aromatic N) is 2. The van der Waals surface area contributed by atoms with Gasteiger partial charge >= 0.3 is 5.97 Å². The number of nitrogens with one attached hydrogen (secondary N) is 1. The summed E-state index contributed by atoms with van der Waals surface area (Å²) >= 11 is 0. The van der Waals surface area contributed by atoms with Gasteiger partial charge < -0.3 is 10.1 Å². The molecule has 1 N–H and O–H groups in total. The molecule has 1 rings (SSSR count). The van der Waals surface area contributed by atoms with E-state index in [1.165, 1.54) is 0 Å². The third-order valence-electron chi connectivity index (χ3n) is 2.60. The SMILES string of the molecule is CCCNC(C(=O)OCC)c1cnn(C(C)C)c1. The second-order valence-electron chi connectivity index (χ2n) is 4.49. The average molecular weight is 253 g/mol. The Labute approximate surface area is 109 Å². The van der Waals surface area contributed by atoms with Crippen LogP contribution in [0.4, 0.5) is 0 Å². The van der Waals surface area contributed by atoms with Gasteiger partial charge in [-0.05, 0) is 33.7 Å². The van der Waals surface area contributed by atoms with Crippen molar-refractivity contribution in [2.45, 2.75) is 46.2 Å². The van der Waals surface area contributed by atoms with E-state index in [0.717, 1.165) is 18.5 Å². The summed E-state index contributed by atoms with van der Waals surface area (Å²) in [6, 6.07) is -0.134. The zero-order valence-electron chi connectivity index (χ0n) is 11.6. The Morgan fingerprint density at radius 3 is 2.72 bits per heavy atom. The van der Waals surface area contributed by atoms with Crippen molar-refractivity contribution in [2.75, 3.05) is 13.2 Å². The fourth-order valence-electron chi connectivity index (χ4n) is 1.64. The predicted octanol–water partition coefficient (Wildman–Crippen LogP) is 2.07. The molecule has 0 fully saturated rings. The van der Waals surface area contributed by atoms with E-state index >= 15 is 0 Å². The molecule has 1 atom stereocenters. The predicted molar refractivity (Wildman–Crippen MR) is 70.3 cm³/mol. The van der Waals surface area contributed by atoms with Crippen LogP contribution in [0.3, 0.4) is 0 Å². The summed E-state index contributed by atoms with van der Waals surface area (Å²) in [6.07, 6.45) is 4.59. The van der Waals surface area contributed by atoms with Gasteiger partial charge in [0.25, 0.3) is 0 Å². The van der Waals surface area contributed by atoms with Crippen LogP contribution in [-0.2, 0) is 9.53 Å². The monoisotopic (exact) mass is 253 g/mol. The standard InChI is InChI=1S/C13H23N3O2/c1-5-7-14-12(13(17)18-6-2)11-8-15-16(9-11)10(3)4/h8-10,12,14H,5-7H2,1-4H3. The minimum absolute atomic E-state index is 0.241. The Morgan fingerprint density at radius 2 is 2.22 bits per heavy atom. The Balaban J connectivity index is 2.83. The minimum Gasteiger partial charge on any atom is -0.465 e. The van der Waals surface area contributed by atoms with E-state index in [1.807, 2.05) is 17.8 Å². The van der Waals surface area contributed by atoms with Gasteiger partial charge in [-0.2, -0.15) is 5.10 Å². The highest BCUT2D eigenvalue weighted by Gasteiger charge is 2.22. The van der Waals surface area contributed by atoms with Crippen molar-refractivity contribution in [1.82, 2.24) is 15.1 Å². The summed E-state index contributed by atoms with van der Waals surface area (Å²) in [4.78, 5) is 11.9. The molecule has 18 heavy (non-hydrogen) atoms. The fourth-order valence-corrected chi connectivity index (χ4v) is 1.64. The summed E-state index contributed by atoms with van der Waals surface area (Å²) in [6.45, 7) is 9.14. The van der Waals surface area contributed by atoms with Gasteiger partial charge in [-0.25, -0.2) is 4.79 Å². The van der Waals surface area contributed by atoms with Crippen molar-refractivity contribution in [3.63, 3.8) is 0 Å². The molecule has 0 aliphatic rings. The van der Waals surface area contributed by atoms with Crippen molar-refractivity contribution in [2.24, 2.45) is 0 Å². The van der Waals surface area contributed by atoms with Gasteiger partial charge in [0.05, 0.1) is 12.8 Å².